The van der Waals surface area contributed by atoms with Gasteiger partial charge in [0.25, 0.3) is 5.91 Å². The van der Waals surface area contributed by atoms with E-state index < -0.39 is 0 Å². The van der Waals surface area contributed by atoms with E-state index in [0.29, 0.717) is 5.92 Å². The molecule has 1 fully saturated rings. The second kappa shape index (κ2) is 7.47. The van der Waals surface area contributed by atoms with Gasteiger partial charge in [-0.2, -0.15) is 0 Å². The maximum absolute atomic E-state index is 12.7. The fraction of sp³-hybridized carbons (Fsp3) is 0.389. The Bertz CT molecular complexity index is 660. The van der Waals surface area contributed by atoms with Crippen LogP contribution < -0.4 is 5.32 Å². The lowest BCUT2D eigenvalue weighted by atomic mass is 9.97. The van der Waals surface area contributed by atoms with Crippen molar-refractivity contribution in [3.63, 3.8) is 0 Å². The van der Waals surface area contributed by atoms with Crippen molar-refractivity contribution in [3.8, 4) is 10.4 Å². The summed E-state index contributed by atoms with van der Waals surface area (Å²) in [7, 11) is 1.99. The van der Waals surface area contributed by atoms with Crippen molar-refractivity contribution in [1.82, 2.24) is 10.2 Å². The van der Waals surface area contributed by atoms with E-state index in [1.807, 2.05) is 48.3 Å². The maximum atomic E-state index is 12.7. The molecule has 0 aliphatic carbocycles. The van der Waals surface area contributed by atoms with Crippen molar-refractivity contribution in [1.29, 1.82) is 0 Å². The molecular formula is C18H21ClN2OS. The SMILES string of the molecule is CNCC1CCN(C(=O)c2ccc(-c3ccc(Cl)cc3)s2)CC1. The summed E-state index contributed by atoms with van der Waals surface area (Å²) in [5, 5.41) is 3.96. The lowest BCUT2D eigenvalue weighted by Gasteiger charge is -2.31. The summed E-state index contributed by atoms with van der Waals surface area (Å²) in [6.45, 7) is 2.76. The third kappa shape index (κ3) is 3.94. The van der Waals surface area contributed by atoms with Crippen LogP contribution in [-0.2, 0) is 0 Å². The minimum Gasteiger partial charge on any atom is -0.338 e. The summed E-state index contributed by atoms with van der Waals surface area (Å²) in [4.78, 5) is 16.6. The predicted molar refractivity (Wildman–Crippen MR) is 97.3 cm³/mol. The number of carbonyl (C=O) groups is 1. The summed E-state index contributed by atoms with van der Waals surface area (Å²) in [5.41, 5.74) is 1.10. The molecule has 0 atom stereocenters. The zero-order valence-corrected chi connectivity index (χ0v) is 14.8. The Kier molecular flexibility index (Phi) is 5.36. The molecule has 0 radical (unpaired) electrons. The van der Waals surface area contributed by atoms with Crippen molar-refractivity contribution >= 4 is 28.8 Å². The van der Waals surface area contributed by atoms with Gasteiger partial charge < -0.3 is 10.2 Å². The number of amides is 1. The first kappa shape index (κ1) is 16.5. The van der Waals surface area contributed by atoms with Crippen LogP contribution in [0.25, 0.3) is 10.4 Å². The minimum atomic E-state index is 0.165. The molecular weight excluding hydrogens is 328 g/mol. The number of carbonyl (C=O) groups excluding carboxylic acids is 1. The van der Waals surface area contributed by atoms with Gasteiger partial charge in [0.15, 0.2) is 0 Å². The van der Waals surface area contributed by atoms with Gasteiger partial charge in [0, 0.05) is 23.0 Å². The molecule has 5 heteroatoms. The Morgan fingerprint density at radius 2 is 1.91 bits per heavy atom. The zero-order valence-electron chi connectivity index (χ0n) is 13.2. The molecule has 3 nitrogen and oxygen atoms in total. The summed E-state index contributed by atoms with van der Waals surface area (Å²) < 4.78 is 0. The number of halogens is 1. The van der Waals surface area contributed by atoms with Crippen LogP contribution in [0.1, 0.15) is 22.5 Å². The quantitative estimate of drug-likeness (QED) is 0.900. The van der Waals surface area contributed by atoms with E-state index in [4.69, 9.17) is 11.6 Å². The number of nitrogens with one attached hydrogen (secondary N) is 1. The highest BCUT2D eigenvalue weighted by Crippen LogP contribution is 2.30. The number of rotatable bonds is 4. The topological polar surface area (TPSA) is 32.3 Å². The van der Waals surface area contributed by atoms with Crippen LogP contribution in [-0.4, -0.2) is 37.5 Å². The molecule has 1 aliphatic rings. The second-order valence-electron chi connectivity index (χ2n) is 5.96. The van der Waals surface area contributed by atoms with E-state index in [0.717, 1.165) is 52.8 Å². The van der Waals surface area contributed by atoms with Crippen molar-refractivity contribution in [2.45, 2.75) is 12.8 Å². The van der Waals surface area contributed by atoms with Crippen molar-refractivity contribution in [2.75, 3.05) is 26.7 Å². The Hall–Kier alpha value is -1.36. The molecule has 0 spiro atoms. The van der Waals surface area contributed by atoms with Gasteiger partial charge in [-0.05, 0) is 62.2 Å². The van der Waals surface area contributed by atoms with E-state index in [2.05, 4.69) is 5.32 Å². The first-order valence-corrected chi connectivity index (χ1v) is 9.16. The molecule has 0 unspecified atom stereocenters. The summed E-state index contributed by atoms with van der Waals surface area (Å²) >= 11 is 7.49. The second-order valence-corrected chi connectivity index (χ2v) is 7.48. The van der Waals surface area contributed by atoms with E-state index in [9.17, 15) is 4.79 Å². The van der Waals surface area contributed by atoms with Gasteiger partial charge in [0.05, 0.1) is 4.88 Å². The molecule has 2 aromatic rings. The monoisotopic (exact) mass is 348 g/mol. The Morgan fingerprint density at radius 3 is 2.57 bits per heavy atom. The molecule has 23 heavy (non-hydrogen) atoms. The van der Waals surface area contributed by atoms with Crippen molar-refractivity contribution in [3.05, 3.63) is 46.3 Å². The van der Waals surface area contributed by atoms with E-state index >= 15 is 0 Å². The fourth-order valence-corrected chi connectivity index (χ4v) is 4.11. The van der Waals surface area contributed by atoms with Crippen LogP contribution in [0.4, 0.5) is 0 Å². The van der Waals surface area contributed by atoms with Gasteiger partial charge in [-0.1, -0.05) is 23.7 Å². The lowest BCUT2D eigenvalue weighted by Crippen LogP contribution is -2.40. The third-order valence-electron chi connectivity index (χ3n) is 4.34. The number of likely N-dealkylation sites (tertiary alicyclic amines) is 1. The van der Waals surface area contributed by atoms with Gasteiger partial charge in [-0.15, -0.1) is 11.3 Å². The Labute approximate surface area is 146 Å². The van der Waals surface area contributed by atoms with Crippen LogP contribution in [0.3, 0.4) is 0 Å². The predicted octanol–water partition coefficient (Wildman–Crippen LogP) is 4.14. The highest BCUT2D eigenvalue weighted by molar-refractivity contribution is 7.17. The molecule has 3 rings (SSSR count). The smallest absolute Gasteiger partial charge is 0.263 e. The van der Waals surface area contributed by atoms with Crippen LogP contribution >= 0.6 is 22.9 Å². The number of piperidine rings is 1. The highest BCUT2D eigenvalue weighted by Gasteiger charge is 2.24. The number of hydrogen-bond donors (Lipinski definition) is 1. The molecule has 2 heterocycles. The first-order valence-electron chi connectivity index (χ1n) is 7.97. The van der Waals surface area contributed by atoms with Crippen LogP contribution in [0.5, 0.6) is 0 Å². The van der Waals surface area contributed by atoms with Gasteiger partial charge in [0.1, 0.15) is 0 Å². The van der Waals surface area contributed by atoms with E-state index in [1.165, 1.54) is 0 Å². The largest absolute Gasteiger partial charge is 0.338 e. The van der Waals surface area contributed by atoms with E-state index in [-0.39, 0.29) is 5.91 Å². The molecule has 0 bridgehead atoms. The molecule has 1 amide bonds. The molecule has 1 saturated heterocycles. The van der Waals surface area contributed by atoms with Gasteiger partial charge in [-0.25, -0.2) is 0 Å². The van der Waals surface area contributed by atoms with Crippen LogP contribution in [0.2, 0.25) is 5.02 Å². The minimum absolute atomic E-state index is 0.165. The Balaban J connectivity index is 1.66. The van der Waals surface area contributed by atoms with Crippen molar-refractivity contribution < 1.29 is 4.79 Å². The van der Waals surface area contributed by atoms with Gasteiger partial charge in [0.2, 0.25) is 0 Å². The molecule has 1 aromatic heterocycles. The highest BCUT2D eigenvalue weighted by atomic mass is 35.5. The molecule has 0 saturated carbocycles. The third-order valence-corrected chi connectivity index (χ3v) is 5.71. The first-order chi connectivity index (χ1) is 11.2. The van der Waals surface area contributed by atoms with Gasteiger partial charge in [-0.3, -0.25) is 4.79 Å². The summed E-state index contributed by atoms with van der Waals surface area (Å²) in [5.74, 6) is 0.857. The summed E-state index contributed by atoms with van der Waals surface area (Å²) in [6, 6.07) is 11.7. The molecule has 122 valence electrons. The number of nitrogens with zero attached hydrogens (tertiary/aromatic N) is 1. The zero-order chi connectivity index (χ0) is 16.2. The molecule has 1 aliphatic heterocycles. The van der Waals surface area contributed by atoms with Crippen LogP contribution in [0.15, 0.2) is 36.4 Å². The average molecular weight is 349 g/mol. The number of benzene rings is 1. The summed E-state index contributed by atoms with van der Waals surface area (Å²) in [6.07, 6.45) is 2.17. The van der Waals surface area contributed by atoms with Crippen LogP contribution in [0, 0.1) is 5.92 Å². The Morgan fingerprint density at radius 1 is 1.22 bits per heavy atom. The number of thiophene rings is 1. The lowest BCUT2D eigenvalue weighted by molar-refractivity contribution is 0.0696. The molecule has 1 N–H and O–H groups in total. The van der Waals surface area contributed by atoms with Gasteiger partial charge >= 0.3 is 0 Å². The maximum Gasteiger partial charge on any atom is 0.263 e. The standard InChI is InChI=1S/C18H21ClN2OS/c1-20-12-13-8-10-21(11-9-13)18(22)17-7-6-16(23-17)14-2-4-15(19)5-3-14/h2-7,13,20H,8-12H2,1H3. The van der Waals surface area contributed by atoms with Crippen molar-refractivity contribution in [2.24, 2.45) is 5.92 Å². The normalized spacial score (nSPS) is 15.8. The molecule has 1 aromatic carbocycles. The van der Waals surface area contributed by atoms with E-state index in [1.54, 1.807) is 11.3 Å². The average Bonchev–Trinajstić information content (AvgIpc) is 3.06. The fourth-order valence-electron chi connectivity index (χ4n) is 3.01. The number of hydrogen-bond acceptors (Lipinski definition) is 3.